The van der Waals surface area contributed by atoms with Gasteiger partial charge in [-0.3, -0.25) is 0 Å². The minimum atomic E-state index is 0.703. The topological polar surface area (TPSA) is 24.1 Å². The quantitative estimate of drug-likeness (QED) is 0.781. The average Bonchev–Trinajstić information content (AvgIpc) is 2.29. The fourth-order valence-corrected chi connectivity index (χ4v) is 1.69. The monoisotopic (exact) mass is 250 g/mol. The smallest absolute Gasteiger partial charge is 0.170 e. The summed E-state index contributed by atoms with van der Waals surface area (Å²) in [5.41, 5.74) is 2.39. The fraction of sp³-hybridized carbons (Fsp3) is 0.500. The van der Waals surface area contributed by atoms with Crippen LogP contribution in [0.15, 0.2) is 24.3 Å². The summed E-state index contributed by atoms with van der Waals surface area (Å²) in [5, 5.41) is 7.10. The Morgan fingerprint density at radius 1 is 1.24 bits per heavy atom. The van der Waals surface area contributed by atoms with Gasteiger partial charge >= 0.3 is 0 Å². The maximum atomic E-state index is 5.23. The van der Waals surface area contributed by atoms with E-state index in [-0.39, 0.29) is 0 Å². The van der Waals surface area contributed by atoms with Crippen LogP contribution in [0.2, 0.25) is 0 Å². The summed E-state index contributed by atoms with van der Waals surface area (Å²) in [5.74, 6) is 0.703. The van der Waals surface area contributed by atoms with E-state index >= 15 is 0 Å². The maximum absolute atomic E-state index is 5.23. The van der Waals surface area contributed by atoms with E-state index in [2.05, 4.69) is 55.7 Å². The maximum Gasteiger partial charge on any atom is 0.170 e. The van der Waals surface area contributed by atoms with Crippen molar-refractivity contribution in [2.24, 2.45) is 5.92 Å². The molecule has 1 rings (SSSR count). The van der Waals surface area contributed by atoms with Gasteiger partial charge in [-0.05, 0) is 48.7 Å². The molecule has 0 aromatic heterocycles. The fourth-order valence-electron chi connectivity index (χ4n) is 1.47. The molecule has 94 valence electrons. The first-order valence-electron chi connectivity index (χ1n) is 6.25. The Morgan fingerprint density at radius 3 is 2.41 bits per heavy atom. The Balaban J connectivity index is 2.34. The van der Waals surface area contributed by atoms with Crippen molar-refractivity contribution in [2.75, 3.05) is 11.9 Å². The summed E-state index contributed by atoms with van der Waals surface area (Å²) >= 11 is 5.23. The van der Waals surface area contributed by atoms with Crippen LogP contribution in [-0.2, 0) is 6.42 Å². The molecule has 1 aromatic carbocycles. The third-order valence-corrected chi connectivity index (χ3v) is 2.87. The van der Waals surface area contributed by atoms with Crippen molar-refractivity contribution < 1.29 is 0 Å². The summed E-state index contributed by atoms with van der Waals surface area (Å²) < 4.78 is 0. The second kappa shape index (κ2) is 7.28. The second-order valence-electron chi connectivity index (χ2n) is 4.61. The van der Waals surface area contributed by atoms with E-state index < -0.39 is 0 Å². The number of aryl methyl sites for hydroxylation is 1. The third kappa shape index (κ3) is 5.68. The van der Waals surface area contributed by atoms with E-state index in [1.54, 1.807) is 0 Å². The highest BCUT2D eigenvalue weighted by atomic mass is 32.1. The van der Waals surface area contributed by atoms with Crippen molar-refractivity contribution in [3.05, 3.63) is 29.8 Å². The average molecular weight is 250 g/mol. The van der Waals surface area contributed by atoms with E-state index in [4.69, 9.17) is 12.2 Å². The van der Waals surface area contributed by atoms with Gasteiger partial charge in [-0.25, -0.2) is 0 Å². The number of hydrogen-bond acceptors (Lipinski definition) is 1. The van der Waals surface area contributed by atoms with E-state index in [9.17, 15) is 0 Å². The van der Waals surface area contributed by atoms with Crippen molar-refractivity contribution in [1.82, 2.24) is 5.32 Å². The number of rotatable bonds is 5. The molecule has 3 heteroatoms. The van der Waals surface area contributed by atoms with Crippen LogP contribution in [0.25, 0.3) is 0 Å². The van der Waals surface area contributed by atoms with E-state index in [1.165, 1.54) is 5.56 Å². The molecule has 2 nitrogen and oxygen atoms in total. The van der Waals surface area contributed by atoms with E-state index in [0.717, 1.165) is 25.1 Å². The highest BCUT2D eigenvalue weighted by Crippen LogP contribution is 2.09. The van der Waals surface area contributed by atoms with Crippen molar-refractivity contribution in [3.63, 3.8) is 0 Å². The summed E-state index contributed by atoms with van der Waals surface area (Å²) in [6.07, 6.45) is 2.20. The first-order chi connectivity index (χ1) is 8.11. The zero-order valence-corrected chi connectivity index (χ0v) is 11.7. The highest BCUT2D eigenvalue weighted by Gasteiger charge is 1.98. The predicted molar refractivity (Wildman–Crippen MR) is 79.5 cm³/mol. The molecule has 0 aliphatic heterocycles. The lowest BCUT2D eigenvalue weighted by molar-refractivity contribution is 0.579. The third-order valence-electron chi connectivity index (χ3n) is 2.63. The van der Waals surface area contributed by atoms with Crippen LogP contribution in [0.3, 0.4) is 0 Å². The molecule has 0 bridgehead atoms. The minimum absolute atomic E-state index is 0.703. The van der Waals surface area contributed by atoms with Gasteiger partial charge in [-0.15, -0.1) is 0 Å². The molecule has 0 unspecified atom stereocenters. The summed E-state index contributed by atoms with van der Waals surface area (Å²) in [6, 6.07) is 8.38. The zero-order chi connectivity index (χ0) is 12.7. The summed E-state index contributed by atoms with van der Waals surface area (Å²) in [7, 11) is 0. The van der Waals surface area contributed by atoms with Gasteiger partial charge in [0.05, 0.1) is 0 Å². The van der Waals surface area contributed by atoms with Gasteiger partial charge in [0.25, 0.3) is 0 Å². The molecular formula is C14H22N2S. The molecule has 0 aliphatic rings. The first kappa shape index (κ1) is 14.0. The minimum Gasteiger partial charge on any atom is -0.362 e. The lowest BCUT2D eigenvalue weighted by atomic mass is 10.1. The molecule has 0 radical (unpaired) electrons. The van der Waals surface area contributed by atoms with Gasteiger partial charge in [-0.2, -0.15) is 0 Å². The number of hydrogen-bond donors (Lipinski definition) is 2. The Hall–Kier alpha value is -1.09. The molecule has 0 aliphatic carbocycles. The molecule has 0 saturated heterocycles. The molecule has 0 amide bonds. The molecule has 0 fully saturated rings. The molecule has 0 atom stereocenters. The van der Waals surface area contributed by atoms with Gasteiger partial charge in [0.15, 0.2) is 5.11 Å². The first-order valence-corrected chi connectivity index (χ1v) is 6.66. The van der Waals surface area contributed by atoms with Crippen LogP contribution >= 0.6 is 12.2 Å². The lowest BCUT2D eigenvalue weighted by Gasteiger charge is -2.11. The van der Waals surface area contributed by atoms with Crippen molar-refractivity contribution in [3.8, 4) is 0 Å². The largest absolute Gasteiger partial charge is 0.362 e. The normalized spacial score (nSPS) is 10.4. The molecule has 2 N–H and O–H groups in total. The molecule has 0 spiro atoms. The molecule has 17 heavy (non-hydrogen) atoms. The van der Waals surface area contributed by atoms with Crippen LogP contribution in [0.5, 0.6) is 0 Å². The van der Waals surface area contributed by atoms with Gasteiger partial charge in [0, 0.05) is 12.2 Å². The Bertz CT molecular complexity index is 344. The van der Waals surface area contributed by atoms with E-state index in [0.29, 0.717) is 11.0 Å². The molecule has 1 aromatic rings. The van der Waals surface area contributed by atoms with Gasteiger partial charge in [-0.1, -0.05) is 32.9 Å². The number of thiocarbonyl (C=S) groups is 1. The van der Waals surface area contributed by atoms with Crippen molar-refractivity contribution >= 4 is 23.0 Å². The van der Waals surface area contributed by atoms with Crippen LogP contribution in [-0.4, -0.2) is 11.7 Å². The van der Waals surface area contributed by atoms with Crippen LogP contribution in [0.4, 0.5) is 5.69 Å². The molecular weight excluding hydrogens is 228 g/mol. The van der Waals surface area contributed by atoms with Gasteiger partial charge < -0.3 is 10.6 Å². The molecule has 0 heterocycles. The van der Waals surface area contributed by atoms with E-state index in [1.807, 2.05) is 0 Å². The molecule has 0 saturated carbocycles. The van der Waals surface area contributed by atoms with Crippen LogP contribution < -0.4 is 10.6 Å². The van der Waals surface area contributed by atoms with Gasteiger partial charge in [0.1, 0.15) is 0 Å². The van der Waals surface area contributed by atoms with Gasteiger partial charge in [0.2, 0.25) is 0 Å². The number of anilines is 1. The standard InChI is InChI=1S/C14H22N2S/c1-4-12-5-7-13(8-6-12)16-14(17)15-10-9-11(2)3/h5-8,11H,4,9-10H2,1-3H3,(H2,15,16,17). The highest BCUT2D eigenvalue weighted by molar-refractivity contribution is 7.80. The number of nitrogens with one attached hydrogen (secondary N) is 2. The number of benzene rings is 1. The van der Waals surface area contributed by atoms with Crippen LogP contribution in [0, 0.1) is 5.92 Å². The SMILES string of the molecule is CCc1ccc(NC(=S)NCCC(C)C)cc1. The summed E-state index contributed by atoms with van der Waals surface area (Å²) in [6.45, 7) is 7.50. The van der Waals surface area contributed by atoms with Crippen LogP contribution in [0.1, 0.15) is 32.8 Å². The Kier molecular flexibility index (Phi) is 5.98. The Morgan fingerprint density at radius 2 is 1.88 bits per heavy atom. The summed E-state index contributed by atoms with van der Waals surface area (Å²) in [4.78, 5) is 0. The second-order valence-corrected chi connectivity index (χ2v) is 5.02. The Labute approximate surface area is 110 Å². The van der Waals surface area contributed by atoms with Crippen molar-refractivity contribution in [1.29, 1.82) is 0 Å². The van der Waals surface area contributed by atoms with Crippen molar-refractivity contribution in [2.45, 2.75) is 33.6 Å². The zero-order valence-electron chi connectivity index (χ0n) is 10.9. The lowest BCUT2D eigenvalue weighted by Crippen LogP contribution is -2.29. The predicted octanol–water partition coefficient (Wildman–Crippen LogP) is 3.58.